The van der Waals surface area contributed by atoms with Gasteiger partial charge in [0.25, 0.3) is 0 Å². The summed E-state index contributed by atoms with van der Waals surface area (Å²) >= 11 is 3.49. The van der Waals surface area contributed by atoms with E-state index in [1.807, 2.05) is 19.9 Å². The van der Waals surface area contributed by atoms with Gasteiger partial charge in [0.05, 0.1) is 29.7 Å². The Balaban J connectivity index is 2.53. The molecule has 0 saturated heterocycles. The molecule has 0 spiro atoms. The first-order chi connectivity index (χ1) is 11.4. The maximum Gasteiger partial charge on any atom is 0.204 e. The van der Waals surface area contributed by atoms with E-state index >= 15 is 0 Å². The van der Waals surface area contributed by atoms with Crippen LogP contribution in [0.5, 0.6) is 11.5 Å². The molecule has 0 radical (unpaired) electrons. The first-order valence-corrected chi connectivity index (χ1v) is 8.31. The van der Waals surface area contributed by atoms with Crippen LogP contribution in [0.3, 0.4) is 0 Å². The number of benzene rings is 1. The van der Waals surface area contributed by atoms with E-state index < -0.39 is 5.60 Å². The highest BCUT2D eigenvalue weighted by atomic mass is 79.9. The van der Waals surface area contributed by atoms with E-state index in [9.17, 15) is 4.79 Å². The smallest absolute Gasteiger partial charge is 0.204 e. The molecular weight excluding hydrogens is 376 g/mol. The maximum absolute atomic E-state index is 13.3. The molecule has 24 heavy (non-hydrogen) atoms. The Morgan fingerprint density at radius 1 is 1.25 bits per heavy atom. The van der Waals surface area contributed by atoms with Crippen molar-refractivity contribution in [3.05, 3.63) is 39.3 Å². The molecule has 0 bridgehead atoms. The Kier molecular flexibility index (Phi) is 4.21. The molecule has 128 valence electrons. The summed E-state index contributed by atoms with van der Waals surface area (Å²) in [4.78, 5) is 13.3. The molecule has 0 amide bonds. The van der Waals surface area contributed by atoms with E-state index in [0.717, 1.165) is 10.0 Å². The third kappa shape index (κ3) is 2.28. The summed E-state index contributed by atoms with van der Waals surface area (Å²) in [6.07, 6.45) is 2.53. The molecular formula is C18H19BrO5. The monoisotopic (exact) mass is 394 g/mol. The number of ether oxygens (including phenoxy) is 3. The largest absolute Gasteiger partial charge is 0.493 e. The van der Waals surface area contributed by atoms with Gasteiger partial charge in [-0.1, -0.05) is 6.08 Å². The summed E-state index contributed by atoms with van der Waals surface area (Å²) < 4.78 is 23.3. The fraction of sp³-hybridized carbons (Fsp3) is 0.389. The van der Waals surface area contributed by atoms with Crippen LogP contribution in [-0.4, -0.2) is 21.3 Å². The Morgan fingerprint density at radius 3 is 2.54 bits per heavy atom. The lowest BCUT2D eigenvalue weighted by Crippen LogP contribution is -2.34. The minimum atomic E-state index is -0.735. The van der Waals surface area contributed by atoms with Gasteiger partial charge in [0.2, 0.25) is 5.75 Å². The Labute approximate surface area is 148 Å². The third-order valence-electron chi connectivity index (χ3n) is 4.58. The van der Waals surface area contributed by atoms with Crippen LogP contribution >= 0.6 is 15.9 Å². The lowest BCUT2D eigenvalue weighted by Gasteiger charge is -2.31. The lowest BCUT2D eigenvalue weighted by molar-refractivity contribution is 0.00104. The standard InChI is InChI=1S/C18H19BrO5/c1-9-8-11(21-3)16(22-4)17-12(9)14(20)13-15(24-17)10(19)6-7-18(13,2)23-5/h6,8H,7H2,1-5H3. The van der Waals surface area contributed by atoms with Crippen molar-refractivity contribution in [3.8, 4) is 11.5 Å². The molecule has 1 heterocycles. The van der Waals surface area contributed by atoms with Gasteiger partial charge in [-0.05, 0) is 41.4 Å². The molecule has 1 atom stereocenters. The summed E-state index contributed by atoms with van der Waals surface area (Å²) in [5.41, 5.74) is 0.814. The molecule has 0 aliphatic heterocycles. The Hall–Kier alpha value is -1.79. The molecule has 1 aromatic heterocycles. The van der Waals surface area contributed by atoms with Crippen molar-refractivity contribution in [2.45, 2.75) is 25.9 Å². The van der Waals surface area contributed by atoms with Crippen LogP contribution in [0, 0.1) is 6.92 Å². The van der Waals surface area contributed by atoms with Gasteiger partial charge in [-0.3, -0.25) is 4.79 Å². The Morgan fingerprint density at radius 2 is 1.96 bits per heavy atom. The normalized spacial score (nSPS) is 19.8. The third-order valence-corrected chi connectivity index (χ3v) is 5.26. The first-order valence-electron chi connectivity index (χ1n) is 7.52. The van der Waals surface area contributed by atoms with Crippen molar-refractivity contribution in [2.75, 3.05) is 21.3 Å². The zero-order chi connectivity index (χ0) is 17.6. The summed E-state index contributed by atoms with van der Waals surface area (Å²) in [5.74, 6) is 1.40. The van der Waals surface area contributed by atoms with Crippen LogP contribution in [0.2, 0.25) is 0 Å². The second-order valence-electron chi connectivity index (χ2n) is 5.96. The number of methoxy groups -OCH3 is 3. The second-order valence-corrected chi connectivity index (χ2v) is 6.81. The highest BCUT2D eigenvalue weighted by Gasteiger charge is 2.38. The molecule has 0 fully saturated rings. The van der Waals surface area contributed by atoms with Gasteiger partial charge in [0.1, 0.15) is 5.60 Å². The molecule has 1 aromatic carbocycles. The second kappa shape index (κ2) is 5.93. The summed E-state index contributed by atoms with van der Waals surface area (Å²) in [7, 11) is 4.68. The summed E-state index contributed by atoms with van der Waals surface area (Å²) in [5, 5.41) is 0.483. The topological polar surface area (TPSA) is 57.9 Å². The van der Waals surface area contributed by atoms with Crippen molar-refractivity contribution in [2.24, 2.45) is 0 Å². The highest BCUT2D eigenvalue weighted by Crippen LogP contribution is 2.44. The molecule has 0 saturated carbocycles. The number of aryl methyl sites for hydroxylation is 1. The fourth-order valence-electron chi connectivity index (χ4n) is 3.16. The fourth-order valence-corrected chi connectivity index (χ4v) is 3.60. The van der Waals surface area contributed by atoms with Crippen molar-refractivity contribution < 1.29 is 18.6 Å². The lowest BCUT2D eigenvalue weighted by atomic mass is 9.86. The number of halogens is 1. The SMILES string of the molecule is COc1cc(C)c2c(=O)c3c(oc2c1OC)C(Br)=CCC3(C)OC. The van der Waals surface area contributed by atoms with Crippen LogP contribution in [0.4, 0.5) is 0 Å². The van der Waals surface area contributed by atoms with Crippen LogP contribution in [0.15, 0.2) is 21.4 Å². The van der Waals surface area contributed by atoms with E-state index in [1.54, 1.807) is 20.3 Å². The zero-order valence-corrected chi connectivity index (χ0v) is 15.9. The average molecular weight is 395 g/mol. The van der Waals surface area contributed by atoms with Gasteiger partial charge < -0.3 is 18.6 Å². The van der Waals surface area contributed by atoms with Gasteiger partial charge in [0.15, 0.2) is 22.5 Å². The molecule has 5 nitrogen and oxygen atoms in total. The predicted molar refractivity (Wildman–Crippen MR) is 96.2 cm³/mol. The summed E-state index contributed by atoms with van der Waals surface area (Å²) in [6.45, 7) is 3.74. The molecule has 1 aliphatic rings. The molecule has 6 heteroatoms. The molecule has 1 aliphatic carbocycles. The first kappa shape index (κ1) is 17.0. The van der Waals surface area contributed by atoms with Crippen LogP contribution in [0.25, 0.3) is 15.5 Å². The zero-order valence-electron chi connectivity index (χ0n) is 14.3. The van der Waals surface area contributed by atoms with Crippen molar-refractivity contribution in [3.63, 3.8) is 0 Å². The van der Waals surface area contributed by atoms with Crippen LogP contribution in [-0.2, 0) is 10.3 Å². The average Bonchev–Trinajstić information content (AvgIpc) is 2.57. The van der Waals surface area contributed by atoms with Gasteiger partial charge in [0, 0.05) is 13.5 Å². The van der Waals surface area contributed by atoms with E-state index in [4.69, 9.17) is 18.6 Å². The van der Waals surface area contributed by atoms with Gasteiger partial charge in [-0.15, -0.1) is 0 Å². The van der Waals surface area contributed by atoms with Crippen molar-refractivity contribution in [1.82, 2.24) is 0 Å². The number of fused-ring (bicyclic) bond motifs is 2. The minimum Gasteiger partial charge on any atom is -0.493 e. The van der Waals surface area contributed by atoms with Gasteiger partial charge in [-0.25, -0.2) is 0 Å². The van der Waals surface area contributed by atoms with Gasteiger partial charge >= 0.3 is 0 Å². The number of hydrogen-bond donors (Lipinski definition) is 0. The van der Waals surface area contributed by atoms with Crippen LogP contribution < -0.4 is 14.9 Å². The van der Waals surface area contributed by atoms with Crippen LogP contribution in [0.1, 0.15) is 30.2 Å². The van der Waals surface area contributed by atoms with Gasteiger partial charge in [-0.2, -0.15) is 0 Å². The minimum absolute atomic E-state index is 0.112. The highest BCUT2D eigenvalue weighted by molar-refractivity contribution is 9.15. The predicted octanol–water partition coefficient (Wildman–Crippen LogP) is 4.12. The number of rotatable bonds is 3. The van der Waals surface area contributed by atoms with E-state index in [1.165, 1.54) is 7.11 Å². The van der Waals surface area contributed by atoms with E-state index in [-0.39, 0.29) is 5.43 Å². The summed E-state index contributed by atoms with van der Waals surface area (Å²) in [6, 6.07) is 1.78. The molecule has 1 unspecified atom stereocenters. The molecule has 0 N–H and O–H groups in total. The van der Waals surface area contributed by atoms with E-state index in [0.29, 0.717) is 40.2 Å². The van der Waals surface area contributed by atoms with Crippen molar-refractivity contribution in [1.29, 1.82) is 0 Å². The molecule has 3 rings (SSSR count). The van der Waals surface area contributed by atoms with E-state index in [2.05, 4.69) is 15.9 Å². The molecule has 2 aromatic rings. The quantitative estimate of drug-likeness (QED) is 0.783. The number of hydrogen-bond acceptors (Lipinski definition) is 5. The maximum atomic E-state index is 13.3. The Bertz CT molecular complexity index is 912. The van der Waals surface area contributed by atoms with Crippen molar-refractivity contribution >= 4 is 31.4 Å².